The van der Waals surface area contributed by atoms with E-state index in [1.54, 1.807) is 6.92 Å². The molecule has 0 aliphatic carbocycles. The predicted octanol–water partition coefficient (Wildman–Crippen LogP) is 0.362. The average molecular weight is 374 g/mol. The number of aryl methyl sites for hydroxylation is 1. The predicted molar refractivity (Wildman–Crippen MR) is 102 cm³/mol. The van der Waals surface area contributed by atoms with Gasteiger partial charge in [-0.15, -0.1) is 0 Å². The number of nitrogens with one attached hydrogen (secondary N) is 1. The molecule has 2 aromatic rings. The first kappa shape index (κ1) is 20.4. The monoisotopic (exact) mass is 374 g/mol. The molecule has 146 valence electrons. The second-order valence-electron chi connectivity index (χ2n) is 6.41. The summed E-state index contributed by atoms with van der Waals surface area (Å²) in [5.74, 6) is -1.58. The summed E-state index contributed by atoms with van der Waals surface area (Å²) in [6, 6.07) is 6.01. The Hall–Kier alpha value is -2.87. The first-order valence-corrected chi connectivity index (χ1v) is 8.87. The highest BCUT2D eigenvalue weighted by atomic mass is 16.5. The first-order chi connectivity index (χ1) is 12.8. The zero-order valence-corrected chi connectivity index (χ0v) is 15.6. The SMILES string of the molecule is CCOC(=O)[C@@H](Cc1cn(C)c2ccccc12)NC(=O)[C@@H](N)CCC(N)=O. The third-order valence-electron chi connectivity index (χ3n) is 4.33. The Morgan fingerprint density at radius 1 is 1.26 bits per heavy atom. The number of rotatable bonds is 9. The minimum absolute atomic E-state index is 0.00197. The number of carbonyl (C=O) groups is 3. The summed E-state index contributed by atoms with van der Waals surface area (Å²) in [6.45, 7) is 1.90. The summed E-state index contributed by atoms with van der Waals surface area (Å²) in [5, 5.41) is 3.65. The summed E-state index contributed by atoms with van der Waals surface area (Å²) in [4.78, 5) is 35.6. The van der Waals surface area contributed by atoms with Gasteiger partial charge >= 0.3 is 5.97 Å². The summed E-state index contributed by atoms with van der Waals surface area (Å²) < 4.78 is 7.06. The van der Waals surface area contributed by atoms with Crippen LogP contribution in [0.4, 0.5) is 0 Å². The summed E-state index contributed by atoms with van der Waals surface area (Å²) in [5.41, 5.74) is 12.8. The highest BCUT2D eigenvalue weighted by molar-refractivity contribution is 5.89. The Morgan fingerprint density at radius 2 is 1.96 bits per heavy atom. The lowest BCUT2D eigenvalue weighted by molar-refractivity contribution is -0.147. The van der Waals surface area contributed by atoms with Crippen LogP contribution in [0.1, 0.15) is 25.3 Å². The molecule has 0 aliphatic rings. The molecule has 0 saturated heterocycles. The van der Waals surface area contributed by atoms with Gasteiger partial charge < -0.3 is 26.1 Å². The second kappa shape index (κ2) is 9.18. The van der Waals surface area contributed by atoms with E-state index in [1.165, 1.54) is 0 Å². The maximum atomic E-state index is 12.4. The molecule has 2 amide bonds. The Labute approximate surface area is 157 Å². The van der Waals surface area contributed by atoms with Crippen LogP contribution in [-0.2, 0) is 32.6 Å². The molecule has 2 atom stereocenters. The lowest BCUT2D eigenvalue weighted by Crippen LogP contribution is -2.50. The summed E-state index contributed by atoms with van der Waals surface area (Å²) >= 11 is 0. The van der Waals surface area contributed by atoms with Crippen molar-refractivity contribution in [3.05, 3.63) is 36.0 Å². The molecule has 5 N–H and O–H groups in total. The van der Waals surface area contributed by atoms with E-state index in [0.29, 0.717) is 0 Å². The van der Waals surface area contributed by atoms with Crippen LogP contribution < -0.4 is 16.8 Å². The third-order valence-corrected chi connectivity index (χ3v) is 4.33. The molecular formula is C19H26N4O4. The van der Waals surface area contributed by atoms with Crippen LogP contribution in [0.3, 0.4) is 0 Å². The van der Waals surface area contributed by atoms with Gasteiger partial charge in [-0.3, -0.25) is 9.59 Å². The zero-order valence-electron chi connectivity index (χ0n) is 15.6. The van der Waals surface area contributed by atoms with E-state index in [2.05, 4.69) is 5.32 Å². The van der Waals surface area contributed by atoms with Crippen LogP contribution in [0, 0.1) is 0 Å². The fraction of sp³-hybridized carbons (Fsp3) is 0.421. The molecule has 0 fully saturated rings. The van der Waals surface area contributed by atoms with Gasteiger partial charge in [0, 0.05) is 37.0 Å². The van der Waals surface area contributed by atoms with Crippen LogP contribution in [0.2, 0.25) is 0 Å². The van der Waals surface area contributed by atoms with Gasteiger partial charge in [-0.05, 0) is 25.0 Å². The number of nitrogens with zero attached hydrogens (tertiary/aromatic N) is 1. The van der Waals surface area contributed by atoms with Crippen molar-refractivity contribution in [1.29, 1.82) is 0 Å². The van der Waals surface area contributed by atoms with Gasteiger partial charge in [-0.1, -0.05) is 18.2 Å². The highest BCUT2D eigenvalue weighted by Gasteiger charge is 2.26. The number of carbonyl (C=O) groups excluding carboxylic acids is 3. The molecule has 0 aliphatic heterocycles. The molecule has 8 nitrogen and oxygen atoms in total. The molecule has 0 unspecified atom stereocenters. The van der Waals surface area contributed by atoms with Crippen molar-refractivity contribution < 1.29 is 19.1 Å². The van der Waals surface area contributed by atoms with Crippen molar-refractivity contribution >= 4 is 28.7 Å². The number of para-hydroxylation sites is 1. The maximum Gasteiger partial charge on any atom is 0.328 e. The Morgan fingerprint density at radius 3 is 2.63 bits per heavy atom. The van der Waals surface area contributed by atoms with Crippen molar-refractivity contribution in [2.75, 3.05) is 6.61 Å². The second-order valence-corrected chi connectivity index (χ2v) is 6.41. The van der Waals surface area contributed by atoms with Gasteiger partial charge in [0.25, 0.3) is 0 Å². The van der Waals surface area contributed by atoms with Gasteiger partial charge in [0.2, 0.25) is 11.8 Å². The topological polar surface area (TPSA) is 129 Å². The van der Waals surface area contributed by atoms with Gasteiger partial charge in [-0.25, -0.2) is 4.79 Å². The quantitative estimate of drug-likeness (QED) is 0.546. The summed E-state index contributed by atoms with van der Waals surface area (Å²) in [7, 11) is 1.92. The molecule has 1 aromatic carbocycles. The van der Waals surface area contributed by atoms with Crippen molar-refractivity contribution in [2.45, 2.75) is 38.3 Å². The average Bonchev–Trinajstić information content (AvgIpc) is 2.95. The minimum atomic E-state index is -0.929. The molecule has 1 heterocycles. The van der Waals surface area contributed by atoms with E-state index in [4.69, 9.17) is 16.2 Å². The number of esters is 1. The Balaban J connectivity index is 2.17. The molecule has 0 radical (unpaired) electrons. The fourth-order valence-corrected chi connectivity index (χ4v) is 2.95. The first-order valence-electron chi connectivity index (χ1n) is 8.87. The van der Waals surface area contributed by atoms with Crippen LogP contribution in [-0.4, -0.2) is 41.0 Å². The van der Waals surface area contributed by atoms with Crippen molar-refractivity contribution in [1.82, 2.24) is 9.88 Å². The number of ether oxygens (including phenoxy) is 1. The Kier molecular flexibility index (Phi) is 6.95. The standard InChI is InChI=1S/C19H26N4O4/c1-3-27-19(26)15(22-18(25)14(20)8-9-17(21)24)10-12-11-23(2)16-7-5-4-6-13(12)16/h4-7,11,14-15H,3,8-10,20H2,1-2H3,(H2,21,24)(H,22,25)/t14-,15+/m0/s1. The lowest BCUT2D eigenvalue weighted by atomic mass is 10.0. The third kappa shape index (κ3) is 5.30. The van der Waals surface area contributed by atoms with Crippen LogP contribution in [0.5, 0.6) is 0 Å². The van der Waals surface area contributed by atoms with Gasteiger partial charge in [0.05, 0.1) is 12.6 Å². The van der Waals surface area contributed by atoms with E-state index in [1.807, 2.05) is 42.1 Å². The number of aromatic nitrogens is 1. The molecule has 27 heavy (non-hydrogen) atoms. The van der Waals surface area contributed by atoms with Crippen molar-refractivity contribution in [3.8, 4) is 0 Å². The maximum absolute atomic E-state index is 12.4. The van der Waals surface area contributed by atoms with Crippen LogP contribution in [0.25, 0.3) is 10.9 Å². The van der Waals surface area contributed by atoms with E-state index in [-0.39, 0.29) is 25.9 Å². The van der Waals surface area contributed by atoms with Crippen LogP contribution in [0.15, 0.2) is 30.5 Å². The van der Waals surface area contributed by atoms with Gasteiger partial charge in [0.15, 0.2) is 0 Å². The van der Waals surface area contributed by atoms with Gasteiger partial charge in [0.1, 0.15) is 6.04 Å². The number of hydrogen-bond donors (Lipinski definition) is 3. The highest BCUT2D eigenvalue weighted by Crippen LogP contribution is 2.21. The van der Waals surface area contributed by atoms with Crippen LogP contribution >= 0.6 is 0 Å². The van der Waals surface area contributed by atoms with E-state index in [0.717, 1.165) is 16.5 Å². The number of nitrogens with two attached hydrogens (primary N) is 2. The molecule has 2 rings (SSSR count). The molecule has 0 saturated carbocycles. The smallest absolute Gasteiger partial charge is 0.328 e. The fourth-order valence-electron chi connectivity index (χ4n) is 2.95. The molecule has 0 bridgehead atoms. The molecule has 1 aromatic heterocycles. The zero-order chi connectivity index (χ0) is 20.0. The summed E-state index contributed by atoms with van der Waals surface area (Å²) in [6.07, 6.45) is 2.32. The number of benzene rings is 1. The minimum Gasteiger partial charge on any atom is -0.464 e. The molecule has 0 spiro atoms. The van der Waals surface area contributed by atoms with E-state index >= 15 is 0 Å². The van der Waals surface area contributed by atoms with Crippen molar-refractivity contribution in [3.63, 3.8) is 0 Å². The number of primary amides is 1. The number of hydrogen-bond acceptors (Lipinski definition) is 5. The molecule has 8 heteroatoms. The largest absolute Gasteiger partial charge is 0.464 e. The normalized spacial score (nSPS) is 13.1. The molecular weight excluding hydrogens is 348 g/mol. The lowest BCUT2D eigenvalue weighted by Gasteiger charge is -2.19. The van der Waals surface area contributed by atoms with Crippen molar-refractivity contribution in [2.24, 2.45) is 18.5 Å². The van der Waals surface area contributed by atoms with E-state index < -0.39 is 29.9 Å². The number of fused-ring (bicyclic) bond motifs is 1. The number of amides is 2. The van der Waals surface area contributed by atoms with E-state index in [9.17, 15) is 14.4 Å². The Bertz CT molecular complexity index is 830. The van der Waals surface area contributed by atoms with Gasteiger partial charge in [-0.2, -0.15) is 0 Å².